The molecule has 1 fully saturated rings. The minimum absolute atomic E-state index is 0.0460. The molecule has 1 aliphatic heterocycles. The number of nitrogens with one attached hydrogen (secondary N) is 1. The van der Waals surface area contributed by atoms with Gasteiger partial charge in [-0.15, -0.1) is 11.3 Å². The number of fused-ring (bicyclic) bond motifs is 1. The van der Waals surface area contributed by atoms with Gasteiger partial charge in [0.2, 0.25) is 0 Å². The van der Waals surface area contributed by atoms with Crippen molar-refractivity contribution in [3.63, 3.8) is 0 Å². The third-order valence-corrected chi connectivity index (χ3v) is 6.02. The number of rotatable bonds is 5. The number of hydrogen-bond acceptors (Lipinski definition) is 4. The molecule has 1 aliphatic rings. The first-order valence-electron chi connectivity index (χ1n) is 8.82. The second kappa shape index (κ2) is 7.14. The van der Waals surface area contributed by atoms with Crippen LogP contribution in [0.25, 0.3) is 10.2 Å². The molecule has 2 aromatic rings. The summed E-state index contributed by atoms with van der Waals surface area (Å²) in [5, 5.41) is 0.829. The molecule has 0 aliphatic carbocycles. The Morgan fingerprint density at radius 3 is 2.74 bits per heavy atom. The highest BCUT2D eigenvalue weighted by Crippen LogP contribution is 2.29. The fourth-order valence-corrected chi connectivity index (χ4v) is 4.43. The van der Waals surface area contributed by atoms with Crippen molar-refractivity contribution in [2.75, 3.05) is 13.1 Å². The summed E-state index contributed by atoms with van der Waals surface area (Å²) < 4.78 is 0. The number of thiophene rings is 1. The van der Waals surface area contributed by atoms with E-state index in [0.717, 1.165) is 48.5 Å². The third-order valence-electron chi connectivity index (χ3n) is 4.98. The number of hydrogen-bond donors (Lipinski definition) is 1. The number of H-pyrrole nitrogens is 1. The van der Waals surface area contributed by atoms with E-state index in [4.69, 9.17) is 4.98 Å². The lowest BCUT2D eigenvalue weighted by atomic mass is 9.98. The fourth-order valence-electron chi connectivity index (χ4n) is 3.36. The highest BCUT2D eigenvalue weighted by atomic mass is 32.1. The molecule has 0 saturated carbocycles. The lowest BCUT2D eigenvalue weighted by Gasteiger charge is -2.25. The SMILES string of the molecule is CC[C@H](C)Cc1c(C)sc2nc(CN3CCCCC3)[nH]c(=O)c12. The van der Waals surface area contributed by atoms with Gasteiger partial charge in [0, 0.05) is 4.88 Å². The average Bonchev–Trinajstić information content (AvgIpc) is 2.84. The molecule has 0 amide bonds. The van der Waals surface area contributed by atoms with Crippen LogP contribution in [0, 0.1) is 12.8 Å². The molecule has 0 unspecified atom stereocenters. The number of aromatic amines is 1. The van der Waals surface area contributed by atoms with Crippen LogP contribution >= 0.6 is 11.3 Å². The maximum Gasteiger partial charge on any atom is 0.259 e. The minimum Gasteiger partial charge on any atom is -0.309 e. The predicted molar refractivity (Wildman–Crippen MR) is 97.3 cm³/mol. The van der Waals surface area contributed by atoms with Gasteiger partial charge < -0.3 is 4.98 Å². The topological polar surface area (TPSA) is 49.0 Å². The normalized spacial score (nSPS) is 17.7. The Hall–Kier alpha value is -1.20. The van der Waals surface area contributed by atoms with Crippen LogP contribution in [0.15, 0.2) is 4.79 Å². The van der Waals surface area contributed by atoms with Crippen LogP contribution in [0.1, 0.15) is 55.8 Å². The smallest absolute Gasteiger partial charge is 0.259 e. The largest absolute Gasteiger partial charge is 0.309 e. The Labute approximate surface area is 141 Å². The molecule has 5 heteroatoms. The lowest BCUT2D eigenvalue weighted by molar-refractivity contribution is 0.216. The minimum atomic E-state index is 0.0460. The van der Waals surface area contributed by atoms with Crippen LogP contribution in [0.5, 0.6) is 0 Å². The van der Waals surface area contributed by atoms with Gasteiger partial charge in [-0.2, -0.15) is 0 Å². The van der Waals surface area contributed by atoms with E-state index in [9.17, 15) is 4.79 Å². The van der Waals surface area contributed by atoms with Gasteiger partial charge in [-0.25, -0.2) is 4.98 Å². The zero-order valence-electron chi connectivity index (χ0n) is 14.4. The molecular formula is C18H27N3OS. The van der Waals surface area contributed by atoms with Crippen LogP contribution in [0.4, 0.5) is 0 Å². The number of aryl methyl sites for hydroxylation is 1. The first-order valence-corrected chi connectivity index (χ1v) is 9.63. The van der Waals surface area contributed by atoms with Crippen molar-refractivity contribution in [3.8, 4) is 0 Å². The van der Waals surface area contributed by atoms with E-state index >= 15 is 0 Å². The average molecular weight is 334 g/mol. The summed E-state index contributed by atoms with van der Waals surface area (Å²) in [4.78, 5) is 25.0. The van der Waals surface area contributed by atoms with Crippen LogP contribution in [0.2, 0.25) is 0 Å². The van der Waals surface area contributed by atoms with E-state index in [2.05, 4.69) is 30.7 Å². The highest BCUT2D eigenvalue weighted by Gasteiger charge is 2.18. The molecule has 4 nitrogen and oxygen atoms in total. The number of likely N-dealkylation sites (tertiary alicyclic amines) is 1. The monoisotopic (exact) mass is 333 g/mol. The Kier molecular flexibility index (Phi) is 5.17. The van der Waals surface area contributed by atoms with Crippen molar-refractivity contribution in [2.24, 2.45) is 5.92 Å². The Morgan fingerprint density at radius 2 is 2.04 bits per heavy atom. The van der Waals surface area contributed by atoms with E-state index in [1.807, 2.05) is 0 Å². The van der Waals surface area contributed by atoms with E-state index in [1.165, 1.54) is 29.7 Å². The van der Waals surface area contributed by atoms with Crippen molar-refractivity contribution in [1.82, 2.24) is 14.9 Å². The van der Waals surface area contributed by atoms with Crippen molar-refractivity contribution in [2.45, 2.75) is 59.4 Å². The van der Waals surface area contributed by atoms with Crippen molar-refractivity contribution < 1.29 is 0 Å². The summed E-state index contributed by atoms with van der Waals surface area (Å²) in [5.74, 6) is 1.42. The molecule has 3 rings (SSSR count). The molecule has 23 heavy (non-hydrogen) atoms. The van der Waals surface area contributed by atoms with E-state index in [-0.39, 0.29) is 5.56 Å². The zero-order valence-corrected chi connectivity index (χ0v) is 15.3. The maximum absolute atomic E-state index is 12.6. The molecular weight excluding hydrogens is 306 g/mol. The number of aromatic nitrogens is 2. The fraction of sp³-hybridized carbons (Fsp3) is 0.667. The third kappa shape index (κ3) is 3.66. The van der Waals surface area contributed by atoms with Crippen LogP contribution in [-0.2, 0) is 13.0 Å². The summed E-state index contributed by atoms with van der Waals surface area (Å²) in [7, 11) is 0. The lowest BCUT2D eigenvalue weighted by Crippen LogP contribution is -2.30. The van der Waals surface area contributed by atoms with Gasteiger partial charge in [0.25, 0.3) is 5.56 Å². The van der Waals surface area contributed by atoms with Crippen LogP contribution in [-0.4, -0.2) is 28.0 Å². The van der Waals surface area contributed by atoms with Crippen LogP contribution < -0.4 is 5.56 Å². The number of piperidine rings is 1. The van der Waals surface area contributed by atoms with Gasteiger partial charge in [0.05, 0.1) is 11.9 Å². The zero-order chi connectivity index (χ0) is 16.4. The summed E-state index contributed by atoms with van der Waals surface area (Å²) in [6.07, 6.45) is 5.93. The Balaban J connectivity index is 1.91. The summed E-state index contributed by atoms with van der Waals surface area (Å²) in [6, 6.07) is 0. The first-order chi connectivity index (χ1) is 11.1. The molecule has 1 saturated heterocycles. The van der Waals surface area contributed by atoms with Gasteiger partial charge in [-0.1, -0.05) is 26.7 Å². The van der Waals surface area contributed by atoms with Gasteiger partial charge in [-0.3, -0.25) is 9.69 Å². The van der Waals surface area contributed by atoms with Crippen LogP contribution in [0.3, 0.4) is 0 Å². The maximum atomic E-state index is 12.6. The molecule has 1 atom stereocenters. The molecule has 0 aromatic carbocycles. The Bertz CT molecular complexity index is 728. The second-order valence-corrected chi connectivity index (χ2v) is 8.09. The summed E-state index contributed by atoms with van der Waals surface area (Å²) >= 11 is 1.67. The van der Waals surface area contributed by atoms with Gasteiger partial charge in [0.15, 0.2) is 0 Å². The van der Waals surface area contributed by atoms with Gasteiger partial charge >= 0.3 is 0 Å². The van der Waals surface area contributed by atoms with Crippen molar-refractivity contribution in [3.05, 3.63) is 26.6 Å². The highest BCUT2D eigenvalue weighted by molar-refractivity contribution is 7.18. The summed E-state index contributed by atoms with van der Waals surface area (Å²) in [6.45, 7) is 9.56. The molecule has 0 bridgehead atoms. The quantitative estimate of drug-likeness (QED) is 0.903. The van der Waals surface area contributed by atoms with E-state index in [0.29, 0.717) is 5.92 Å². The molecule has 2 aromatic heterocycles. The molecule has 1 N–H and O–H groups in total. The van der Waals surface area contributed by atoms with Crippen molar-refractivity contribution in [1.29, 1.82) is 0 Å². The Morgan fingerprint density at radius 1 is 1.30 bits per heavy atom. The molecule has 3 heterocycles. The van der Waals surface area contributed by atoms with E-state index in [1.54, 1.807) is 11.3 Å². The van der Waals surface area contributed by atoms with Gasteiger partial charge in [0.1, 0.15) is 10.7 Å². The molecule has 0 spiro atoms. The second-order valence-electron chi connectivity index (χ2n) is 6.88. The molecule has 0 radical (unpaired) electrons. The van der Waals surface area contributed by atoms with Crippen molar-refractivity contribution >= 4 is 21.6 Å². The number of nitrogens with zero attached hydrogens (tertiary/aromatic N) is 2. The predicted octanol–water partition coefficient (Wildman–Crippen LogP) is 3.87. The summed E-state index contributed by atoms with van der Waals surface area (Å²) in [5.41, 5.74) is 1.25. The molecule has 126 valence electrons. The standard InChI is InChI=1S/C18H27N3OS/c1-4-12(2)10-14-13(3)23-18-16(14)17(22)19-15(20-18)11-21-8-6-5-7-9-21/h12H,4-11H2,1-3H3,(H,19,20,22)/t12-/m0/s1. The first kappa shape index (κ1) is 16.7. The van der Waals surface area contributed by atoms with E-state index < -0.39 is 0 Å². The van der Waals surface area contributed by atoms with Gasteiger partial charge in [-0.05, 0) is 50.8 Å².